The van der Waals surface area contributed by atoms with Gasteiger partial charge < -0.3 is 14.0 Å². The minimum atomic E-state index is -0.509. The SMILES string of the molecule is Cc1ccc(COc2ncc(B3OC(C)(C)C(C)(C)O3)cc2Cl)c(Cl)c1. The first-order chi connectivity index (χ1) is 12.1. The van der Waals surface area contributed by atoms with Crippen LogP contribution in [0.1, 0.15) is 38.8 Å². The Morgan fingerprint density at radius 3 is 2.27 bits per heavy atom. The molecule has 0 spiro atoms. The highest BCUT2D eigenvalue weighted by Gasteiger charge is 2.51. The van der Waals surface area contributed by atoms with Gasteiger partial charge in [0.2, 0.25) is 5.88 Å². The monoisotopic (exact) mass is 393 g/mol. The first-order valence-electron chi connectivity index (χ1n) is 8.48. The molecule has 138 valence electrons. The van der Waals surface area contributed by atoms with Gasteiger partial charge in [-0.15, -0.1) is 0 Å². The van der Waals surface area contributed by atoms with Crippen LogP contribution in [0.25, 0.3) is 0 Å². The highest BCUT2D eigenvalue weighted by atomic mass is 35.5. The van der Waals surface area contributed by atoms with Crippen LogP contribution in [0.5, 0.6) is 5.88 Å². The van der Waals surface area contributed by atoms with E-state index < -0.39 is 18.3 Å². The second-order valence-electron chi connectivity index (χ2n) is 7.53. The third-order valence-electron chi connectivity index (χ3n) is 4.93. The molecule has 26 heavy (non-hydrogen) atoms. The Hall–Kier alpha value is -1.27. The lowest BCUT2D eigenvalue weighted by Gasteiger charge is -2.32. The van der Waals surface area contributed by atoms with Crippen LogP contribution in [-0.2, 0) is 15.9 Å². The predicted octanol–water partition coefficient (Wildman–Crippen LogP) is 4.58. The molecule has 0 bridgehead atoms. The number of hydrogen-bond donors (Lipinski definition) is 0. The topological polar surface area (TPSA) is 40.6 Å². The summed E-state index contributed by atoms with van der Waals surface area (Å²) < 4.78 is 17.8. The molecule has 1 saturated heterocycles. The van der Waals surface area contributed by atoms with E-state index in [-0.39, 0.29) is 0 Å². The van der Waals surface area contributed by atoms with E-state index in [4.69, 9.17) is 37.2 Å². The number of ether oxygens (including phenoxy) is 1. The number of aromatic nitrogens is 1. The zero-order valence-electron chi connectivity index (χ0n) is 15.6. The summed E-state index contributed by atoms with van der Waals surface area (Å²) in [7, 11) is -0.509. The molecule has 7 heteroatoms. The molecule has 0 radical (unpaired) electrons. The van der Waals surface area contributed by atoms with Crippen molar-refractivity contribution < 1.29 is 14.0 Å². The first-order valence-corrected chi connectivity index (χ1v) is 9.23. The quantitative estimate of drug-likeness (QED) is 0.713. The summed E-state index contributed by atoms with van der Waals surface area (Å²) in [6.07, 6.45) is 1.67. The van der Waals surface area contributed by atoms with Crippen molar-refractivity contribution in [3.8, 4) is 5.88 Å². The number of benzene rings is 1. The van der Waals surface area contributed by atoms with E-state index in [0.29, 0.717) is 22.5 Å². The van der Waals surface area contributed by atoms with Crippen molar-refractivity contribution >= 4 is 35.8 Å². The zero-order valence-corrected chi connectivity index (χ0v) is 17.1. The van der Waals surface area contributed by atoms with Gasteiger partial charge in [0, 0.05) is 22.2 Å². The lowest BCUT2D eigenvalue weighted by molar-refractivity contribution is 0.00578. The average molecular weight is 394 g/mol. The van der Waals surface area contributed by atoms with Crippen molar-refractivity contribution in [1.29, 1.82) is 0 Å². The van der Waals surface area contributed by atoms with E-state index in [1.54, 1.807) is 12.3 Å². The van der Waals surface area contributed by atoms with E-state index in [9.17, 15) is 0 Å². The molecule has 1 aliphatic heterocycles. The fourth-order valence-corrected chi connectivity index (χ4v) is 3.09. The van der Waals surface area contributed by atoms with E-state index in [1.165, 1.54) is 0 Å². The average Bonchev–Trinajstić information content (AvgIpc) is 2.75. The summed E-state index contributed by atoms with van der Waals surface area (Å²) >= 11 is 12.6. The molecular formula is C19H22BCl2NO3. The molecule has 2 aromatic rings. The molecular weight excluding hydrogens is 372 g/mol. The van der Waals surface area contributed by atoms with E-state index in [0.717, 1.165) is 16.6 Å². The minimum absolute atomic E-state index is 0.293. The van der Waals surface area contributed by atoms with Crippen molar-refractivity contribution in [2.24, 2.45) is 0 Å². The molecule has 0 aliphatic carbocycles. The van der Waals surface area contributed by atoms with Gasteiger partial charge in [0.15, 0.2) is 0 Å². The van der Waals surface area contributed by atoms with Gasteiger partial charge in [-0.2, -0.15) is 0 Å². The van der Waals surface area contributed by atoms with Crippen LogP contribution in [0, 0.1) is 6.92 Å². The summed E-state index contributed by atoms with van der Waals surface area (Å²) in [5, 5.41) is 1.07. The van der Waals surface area contributed by atoms with Crippen LogP contribution in [0.2, 0.25) is 10.0 Å². The normalized spacial score (nSPS) is 18.2. The summed E-state index contributed by atoms with van der Waals surface area (Å²) in [6.45, 7) is 10.3. The van der Waals surface area contributed by atoms with E-state index in [1.807, 2.05) is 52.8 Å². The second-order valence-corrected chi connectivity index (χ2v) is 8.34. The maximum Gasteiger partial charge on any atom is 0.496 e. The van der Waals surface area contributed by atoms with Crippen LogP contribution < -0.4 is 10.2 Å². The maximum atomic E-state index is 6.35. The van der Waals surface area contributed by atoms with E-state index >= 15 is 0 Å². The lowest BCUT2D eigenvalue weighted by Crippen LogP contribution is -2.41. The molecule has 2 heterocycles. The van der Waals surface area contributed by atoms with Crippen molar-refractivity contribution in [3.05, 3.63) is 51.6 Å². The van der Waals surface area contributed by atoms with E-state index in [2.05, 4.69) is 4.98 Å². The Morgan fingerprint density at radius 2 is 1.69 bits per heavy atom. The number of nitrogens with zero attached hydrogens (tertiary/aromatic N) is 1. The molecule has 0 atom stereocenters. The highest BCUT2D eigenvalue weighted by Crippen LogP contribution is 2.36. The molecule has 0 amide bonds. The third-order valence-corrected chi connectivity index (χ3v) is 5.55. The standard InChI is InChI=1S/C19H22BCl2NO3/c1-12-6-7-13(15(21)8-12)11-24-17-16(22)9-14(10-23-17)20-25-18(2,3)19(4,5)26-20/h6-10H,11H2,1-5H3. The molecule has 0 N–H and O–H groups in total. The zero-order chi connectivity index (χ0) is 19.1. The van der Waals surface area contributed by atoms with Crippen LogP contribution >= 0.6 is 23.2 Å². The lowest BCUT2D eigenvalue weighted by atomic mass is 9.80. The summed E-state index contributed by atoms with van der Waals surface area (Å²) in [6, 6.07) is 7.59. The molecule has 4 nitrogen and oxygen atoms in total. The van der Waals surface area contributed by atoms with Crippen LogP contribution in [0.4, 0.5) is 0 Å². The molecule has 3 rings (SSSR count). The van der Waals surface area contributed by atoms with Gasteiger partial charge in [0.05, 0.1) is 11.2 Å². The number of hydrogen-bond acceptors (Lipinski definition) is 4. The Morgan fingerprint density at radius 1 is 1.04 bits per heavy atom. The van der Waals surface area contributed by atoms with Gasteiger partial charge in [0.1, 0.15) is 11.6 Å². The van der Waals surface area contributed by atoms with Crippen LogP contribution in [0.15, 0.2) is 30.5 Å². The molecule has 0 unspecified atom stereocenters. The summed E-state index contributed by atoms with van der Waals surface area (Å²) in [5.41, 5.74) is 1.91. The molecule has 0 saturated carbocycles. The number of rotatable bonds is 4. The number of pyridine rings is 1. The van der Waals surface area contributed by atoms with Gasteiger partial charge in [-0.05, 0) is 52.3 Å². The van der Waals surface area contributed by atoms with Gasteiger partial charge in [-0.3, -0.25) is 0 Å². The smallest absolute Gasteiger partial charge is 0.472 e. The summed E-state index contributed by atoms with van der Waals surface area (Å²) in [5.74, 6) is 0.351. The first kappa shape index (κ1) is 19.5. The third kappa shape index (κ3) is 3.86. The Balaban J connectivity index is 1.72. The van der Waals surface area contributed by atoms with Crippen LogP contribution in [-0.4, -0.2) is 23.3 Å². The molecule has 1 aliphatic rings. The largest absolute Gasteiger partial charge is 0.496 e. The van der Waals surface area contributed by atoms with Gasteiger partial charge in [0.25, 0.3) is 0 Å². The fraction of sp³-hybridized carbons (Fsp3) is 0.421. The van der Waals surface area contributed by atoms with Crippen LogP contribution in [0.3, 0.4) is 0 Å². The Bertz CT molecular complexity index is 810. The molecule has 1 aromatic heterocycles. The van der Waals surface area contributed by atoms with Crippen molar-refractivity contribution in [3.63, 3.8) is 0 Å². The predicted molar refractivity (Wildman–Crippen MR) is 105 cm³/mol. The molecule has 1 fully saturated rings. The summed E-state index contributed by atoms with van der Waals surface area (Å²) in [4.78, 5) is 4.32. The second kappa shape index (κ2) is 7.04. The van der Waals surface area contributed by atoms with Gasteiger partial charge >= 0.3 is 7.12 Å². The maximum absolute atomic E-state index is 6.35. The van der Waals surface area contributed by atoms with Gasteiger partial charge in [-0.1, -0.05) is 35.3 Å². The number of halogens is 2. The fourth-order valence-electron chi connectivity index (χ4n) is 2.57. The Labute approximate surface area is 164 Å². The van der Waals surface area contributed by atoms with Gasteiger partial charge in [-0.25, -0.2) is 4.98 Å². The Kier molecular flexibility index (Phi) is 5.28. The van der Waals surface area contributed by atoms with Crippen molar-refractivity contribution in [1.82, 2.24) is 4.98 Å². The highest BCUT2D eigenvalue weighted by molar-refractivity contribution is 6.62. The number of aryl methyl sites for hydroxylation is 1. The van der Waals surface area contributed by atoms with Crippen molar-refractivity contribution in [2.45, 2.75) is 52.4 Å². The minimum Gasteiger partial charge on any atom is -0.472 e. The molecule has 1 aromatic carbocycles. The van der Waals surface area contributed by atoms with Crippen molar-refractivity contribution in [2.75, 3.05) is 0 Å².